The maximum atomic E-state index is 12.1. The fraction of sp³-hybridized carbons (Fsp3) is 0.235. The highest BCUT2D eigenvalue weighted by Gasteiger charge is 2.24. The first-order valence-corrected chi connectivity index (χ1v) is 6.89. The molecule has 2 aromatic carbocycles. The van der Waals surface area contributed by atoms with Crippen LogP contribution in [-0.4, -0.2) is 11.9 Å². The lowest BCUT2D eigenvalue weighted by atomic mass is 10.2. The van der Waals surface area contributed by atoms with Gasteiger partial charge in [0, 0.05) is 6.04 Å². The van der Waals surface area contributed by atoms with Crippen molar-refractivity contribution in [3.63, 3.8) is 0 Å². The van der Waals surface area contributed by atoms with Gasteiger partial charge in [0.2, 0.25) is 0 Å². The van der Waals surface area contributed by atoms with Crippen LogP contribution in [0.25, 0.3) is 0 Å². The van der Waals surface area contributed by atoms with Crippen molar-refractivity contribution in [3.8, 4) is 5.75 Å². The van der Waals surface area contributed by atoms with Gasteiger partial charge in [-0.1, -0.05) is 42.5 Å². The molecule has 1 fully saturated rings. The molecule has 0 unspecified atom stereocenters. The second kappa shape index (κ2) is 5.78. The van der Waals surface area contributed by atoms with Gasteiger partial charge < -0.3 is 10.1 Å². The third-order valence-corrected chi connectivity index (χ3v) is 3.28. The van der Waals surface area contributed by atoms with Crippen LogP contribution < -0.4 is 10.1 Å². The molecule has 0 aromatic heterocycles. The summed E-state index contributed by atoms with van der Waals surface area (Å²) in [6.07, 6.45) is 2.16. The molecule has 1 N–H and O–H groups in total. The lowest BCUT2D eigenvalue weighted by Gasteiger charge is -2.11. The number of rotatable bonds is 5. The van der Waals surface area contributed by atoms with Crippen molar-refractivity contribution in [2.75, 3.05) is 0 Å². The largest absolute Gasteiger partial charge is 0.488 e. The van der Waals surface area contributed by atoms with Gasteiger partial charge in [-0.25, -0.2) is 0 Å². The van der Waals surface area contributed by atoms with E-state index in [0.717, 1.165) is 18.4 Å². The molecule has 1 saturated carbocycles. The first-order valence-electron chi connectivity index (χ1n) is 6.89. The van der Waals surface area contributed by atoms with E-state index in [1.165, 1.54) is 0 Å². The van der Waals surface area contributed by atoms with E-state index in [-0.39, 0.29) is 5.91 Å². The third kappa shape index (κ3) is 3.18. The predicted octanol–water partition coefficient (Wildman–Crippen LogP) is 3.16. The maximum Gasteiger partial charge on any atom is 0.255 e. The minimum atomic E-state index is -0.0452. The lowest BCUT2D eigenvalue weighted by Crippen LogP contribution is -2.25. The van der Waals surface area contributed by atoms with Gasteiger partial charge >= 0.3 is 0 Å². The minimum Gasteiger partial charge on any atom is -0.488 e. The van der Waals surface area contributed by atoms with Crippen LogP contribution in [0.2, 0.25) is 0 Å². The van der Waals surface area contributed by atoms with E-state index >= 15 is 0 Å². The topological polar surface area (TPSA) is 38.3 Å². The standard InChI is InChI=1S/C17H17NO2/c19-17(18-14-10-11-14)15-8-4-5-9-16(15)20-12-13-6-2-1-3-7-13/h1-9,14H,10-12H2,(H,18,19). The molecular formula is C17H17NO2. The summed E-state index contributed by atoms with van der Waals surface area (Å²) in [7, 11) is 0. The third-order valence-electron chi connectivity index (χ3n) is 3.28. The fourth-order valence-electron chi connectivity index (χ4n) is 2.01. The number of amides is 1. The molecule has 2 aromatic rings. The lowest BCUT2D eigenvalue weighted by molar-refractivity contribution is 0.0946. The molecular weight excluding hydrogens is 250 g/mol. The van der Waals surface area contributed by atoms with Gasteiger partial charge in [0.25, 0.3) is 5.91 Å². The normalized spacial score (nSPS) is 13.8. The molecule has 0 heterocycles. The summed E-state index contributed by atoms with van der Waals surface area (Å²) in [4.78, 5) is 12.1. The Labute approximate surface area is 118 Å². The average molecular weight is 267 g/mol. The Morgan fingerprint density at radius 3 is 2.50 bits per heavy atom. The zero-order valence-electron chi connectivity index (χ0n) is 11.2. The Hall–Kier alpha value is -2.29. The predicted molar refractivity (Wildman–Crippen MR) is 77.7 cm³/mol. The number of nitrogens with one attached hydrogen (secondary N) is 1. The Morgan fingerprint density at radius 2 is 1.75 bits per heavy atom. The van der Waals surface area contributed by atoms with Crippen molar-refractivity contribution < 1.29 is 9.53 Å². The minimum absolute atomic E-state index is 0.0452. The van der Waals surface area contributed by atoms with E-state index in [0.29, 0.717) is 24.0 Å². The Morgan fingerprint density at radius 1 is 1.05 bits per heavy atom. The van der Waals surface area contributed by atoms with Crippen molar-refractivity contribution in [3.05, 3.63) is 65.7 Å². The molecule has 0 aliphatic heterocycles. The molecule has 1 amide bonds. The molecule has 1 aliphatic carbocycles. The maximum absolute atomic E-state index is 12.1. The molecule has 0 atom stereocenters. The van der Waals surface area contributed by atoms with Crippen LogP contribution in [-0.2, 0) is 6.61 Å². The van der Waals surface area contributed by atoms with Crippen LogP contribution in [0.15, 0.2) is 54.6 Å². The summed E-state index contributed by atoms with van der Waals surface area (Å²) in [5.41, 5.74) is 1.69. The van der Waals surface area contributed by atoms with Crippen molar-refractivity contribution in [2.24, 2.45) is 0 Å². The first kappa shape index (κ1) is 12.7. The van der Waals surface area contributed by atoms with Crippen LogP contribution in [0.5, 0.6) is 5.75 Å². The SMILES string of the molecule is O=C(NC1CC1)c1ccccc1OCc1ccccc1. The second-order valence-corrected chi connectivity index (χ2v) is 5.02. The average Bonchev–Trinajstić information content (AvgIpc) is 3.30. The highest BCUT2D eigenvalue weighted by atomic mass is 16.5. The van der Waals surface area contributed by atoms with E-state index in [1.807, 2.05) is 48.5 Å². The van der Waals surface area contributed by atoms with E-state index in [4.69, 9.17) is 4.74 Å². The van der Waals surface area contributed by atoms with E-state index in [1.54, 1.807) is 6.07 Å². The van der Waals surface area contributed by atoms with E-state index < -0.39 is 0 Å². The van der Waals surface area contributed by atoms with Gasteiger partial charge in [-0.2, -0.15) is 0 Å². The summed E-state index contributed by atoms with van der Waals surface area (Å²) in [6, 6.07) is 17.7. The number of ether oxygens (including phenoxy) is 1. The number of benzene rings is 2. The van der Waals surface area contributed by atoms with Gasteiger partial charge in [-0.15, -0.1) is 0 Å². The number of carbonyl (C=O) groups is 1. The zero-order chi connectivity index (χ0) is 13.8. The molecule has 0 bridgehead atoms. The van der Waals surface area contributed by atoms with Gasteiger partial charge in [-0.05, 0) is 30.5 Å². The molecule has 102 valence electrons. The summed E-state index contributed by atoms with van der Waals surface area (Å²) in [5.74, 6) is 0.589. The van der Waals surface area contributed by atoms with Gasteiger partial charge in [0.15, 0.2) is 0 Å². The fourth-order valence-corrected chi connectivity index (χ4v) is 2.01. The molecule has 3 nitrogen and oxygen atoms in total. The van der Waals surface area contributed by atoms with Crippen LogP contribution in [0.4, 0.5) is 0 Å². The van der Waals surface area contributed by atoms with Gasteiger partial charge in [0.05, 0.1) is 5.56 Å². The highest BCUT2D eigenvalue weighted by molar-refractivity contribution is 5.97. The molecule has 3 heteroatoms. The van der Waals surface area contributed by atoms with E-state index in [2.05, 4.69) is 5.32 Å². The van der Waals surface area contributed by atoms with Gasteiger partial charge in [0.1, 0.15) is 12.4 Å². The summed E-state index contributed by atoms with van der Waals surface area (Å²) >= 11 is 0. The van der Waals surface area contributed by atoms with E-state index in [9.17, 15) is 4.79 Å². The highest BCUT2D eigenvalue weighted by Crippen LogP contribution is 2.23. The van der Waals surface area contributed by atoms with Gasteiger partial charge in [-0.3, -0.25) is 4.79 Å². The monoisotopic (exact) mass is 267 g/mol. The smallest absolute Gasteiger partial charge is 0.255 e. The van der Waals surface area contributed by atoms with Crippen LogP contribution in [0.1, 0.15) is 28.8 Å². The summed E-state index contributed by atoms with van der Waals surface area (Å²) < 4.78 is 5.79. The molecule has 0 spiro atoms. The van der Waals surface area contributed by atoms with Crippen LogP contribution >= 0.6 is 0 Å². The number of para-hydroxylation sites is 1. The molecule has 1 aliphatic rings. The first-order chi connectivity index (χ1) is 9.83. The Balaban J connectivity index is 1.70. The van der Waals surface area contributed by atoms with Crippen molar-refractivity contribution in [1.82, 2.24) is 5.32 Å². The number of hydrogen-bond donors (Lipinski definition) is 1. The van der Waals surface area contributed by atoms with Crippen molar-refractivity contribution >= 4 is 5.91 Å². The molecule has 3 rings (SSSR count). The zero-order valence-corrected chi connectivity index (χ0v) is 11.2. The number of hydrogen-bond acceptors (Lipinski definition) is 2. The van der Waals surface area contributed by atoms with Crippen molar-refractivity contribution in [1.29, 1.82) is 0 Å². The molecule has 20 heavy (non-hydrogen) atoms. The second-order valence-electron chi connectivity index (χ2n) is 5.02. The summed E-state index contributed by atoms with van der Waals surface area (Å²) in [5, 5.41) is 2.99. The van der Waals surface area contributed by atoms with Crippen LogP contribution in [0, 0.1) is 0 Å². The summed E-state index contributed by atoms with van der Waals surface area (Å²) in [6.45, 7) is 0.467. The molecule has 0 saturated heterocycles. The molecule has 0 radical (unpaired) electrons. The quantitative estimate of drug-likeness (QED) is 0.903. The number of carbonyl (C=O) groups excluding carboxylic acids is 1. The van der Waals surface area contributed by atoms with Crippen molar-refractivity contribution in [2.45, 2.75) is 25.5 Å². The Bertz CT molecular complexity index is 591. The Kier molecular flexibility index (Phi) is 3.68. The van der Waals surface area contributed by atoms with Crippen LogP contribution in [0.3, 0.4) is 0 Å².